The molecule has 0 spiro atoms. The first-order chi connectivity index (χ1) is 10.9. The summed E-state index contributed by atoms with van der Waals surface area (Å²) < 4.78 is 28.8. The summed E-state index contributed by atoms with van der Waals surface area (Å²) in [6.45, 7) is 2.18. The quantitative estimate of drug-likeness (QED) is 0.874. The Morgan fingerprint density at radius 1 is 1.48 bits per heavy atom. The number of benzene rings is 1. The van der Waals surface area contributed by atoms with Gasteiger partial charge in [-0.2, -0.15) is 0 Å². The van der Waals surface area contributed by atoms with Crippen LogP contribution in [0.25, 0.3) is 11.3 Å². The molecule has 0 saturated carbocycles. The zero-order chi connectivity index (χ0) is 16.6. The van der Waals surface area contributed by atoms with Crippen molar-refractivity contribution in [1.29, 1.82) is 0 Å². The van der Waals surface area contributed by atoms with E-state index >= 15 is 0 Å². The Kier molecular flexibility index (Phi) is 4.35. The molecule has 0 fully saturated rings. The van der Waals surface area contributed by atoms with Crippen molar-refractivity contribution < 1.29 is 13.6 Å². The lowest BCUT2D eigenvalue weighted by molar-refractivity contribution is -0.121. The Morgan fingerprint density at radius 2 is 2.26 bits per heavy atom. The van der Waals surface area contributed by atoms with E-state index in [4.69, 9.17) is 11.6 Å². The number of hydrogen-bond acceptors (Lipinski definition) is 2. The molecule has 1 aliphatic heterocycles. The average Bonchev–Trinajstić information content (AvgIpc) is 2.89. The van der Waals surface area contributed by atoms with Gasteiger partial charge in [0.15, 0.2) is 0 Å². The van der Waals surface area contributed by atoms with E-state index in [-0.39, 0.29) is 17.5 Å². The van der Waals surface area contributed by atoms with Gasteiger partial charge in [0.05, 0.1) is 5.69 Å². The molecule has 4 nitrogen and oxygen atoms in total. The van der Waals surface area contributed by atoms with Crippen molar-refractivity contribution in [3.8, 4) is 11.3 Å². The zero-order valence-electron chi connectivity index (χ0n) is 12.5. The van der Waals surface area contributed by atoms with Crippen LogP contribution in [0.15, 0.2) is 24.4 Å². The molecule has 1 N–H and O–H groups in total. The zero-order valence-corrected chi connectivity index (χ0v) is 13.3. The highest BCUT2D eigenvalue weighted by Crippen LogP contribution is 2.25. The van der Waals surface area contributed by atoms with Gasteiger partial charge in [0, 0.05) is 36.8 Å². The Balaban J connectivity index is 1.80. The predicted octanol–water partition coefficient (Wildman–Crippen LogP) is 2.89. The van der Waals surface area contributed by atoms with Gasteiger partial charge >= 0.3 is 0 Å². The number of aryl methyl sites for hydroxylation is 1. The summed E-state index contributed by atoms with van der Waals surface area (Å²) in [4.78, 5) is 16.1. The lowest BCUT2D eigenvalue weighted by Gasteiger charge is -2.25. The minimum atomic E-state index is -0.638. The van der Waals surface area contributed by atoms with Crippen LogP contribution in [0.1, 0.15) is 19.2 Å². The van der Waals surface area contributed by atoms with Crippen LogP contribution in [0.4, 0.5) is 8.78 Å². The van der Waals surface area contributed by atoms with E-state index in [1.54, 1.807) is 13.1 Å². The maximum Gasteiger partial charge on any atom is 0.238 e. The monoisotopic (exact) mass is 339 g/mol. The summed E-state index contributed by atoms with van der Waals surface area (Å²) in [6.07, 6.45) is 3.15. The van der Waals surface area contributed by atoms with E-state index in [1.165, 1.54) is 12.1 Å². The second kappa shape index (κ2) is 6.28. The smallest absolute Gasteiger partial charge is 0.238 e. The van der Waals surface area contributed by atoms with Crippen molar-refractivity contribution in [2.45, 2.75) is 37.7 Å². The first-order valence-corrected chi connectivity index (χ1v) is 7.83. The van der Waals surface area contributed by atoms with Gasteiger partial charge in [-0.1, -0.05) is 0 Å². The molecule has 2 heterocycles. The molecule has 2 aromatic rings. The Hall–Kier alpha value is -1.95. The highest BCUT2D eigenvalue weighted by atomic mass is 35.5. The fourth-order valence-electron chi connectivity index (χ4n) is 2.70. The van der Waals surface area contributed by atoms with Crippen molar-refractivity contribution in [3.63, 3.8) is 0 Å². The maximum absolute atomic E-state index is 13.9. The molecule has 1 amide bonds. The van der Waals surface area contributed by atoms with Crippen molar-refractivity contribution in [2.75, 3.05) is 0 Å². The first-order valence-electron chi connectivity index (χ1n) is 7.40. The molecule has 0 saturated heterocycles. The lowest BCUT2D eigenvalue weighted by Crippen LogP contribution is -2.43. The maximum atomic E-state index is 13.9. The molecular formula is C16H16ClF2N3O. The standard InChI is InChI=1S/C16H16ClF2N3O/c1-9(17)16(23)20-11-3-5-15-21-14(8-22(15)7-11)12-4-2-10(18)6-13(12)19/h2,4,6,8-9,11H,3,5,7H2,1H3,(H,20,23). The predicted molar refractivity (Wildman–Crippen MR) is 83.1 cm³/mol. The van der Waals surface area contributed by atoms with E-state index in [1.807, 2.05) is 4.57 Å². The van der Waals surface area contributed by atoms with Gasteiger partial charge in [0.25, 0.3) is 0 Å². The van der Waals surface area contributed by atoms with Crippen LogP contribution < -0.4 is 5.32 Å². The molecular weight excluding hydrogens is 324 g/mol. The van der Waals surface area contributed by atoms with Crippen LogP contribution in [0.5, 0.6) is 0 Å². The van der Waals surface area contributed by atoms with E-state index < -0.39 is 17.0 Å². The highest BCUT2D eigenvalue weighted by Gasteiger charge is 2.24. The molecule has 0 aliphatic carbocycles. The molecule has 0 bridgehead atoms. The van der Waals surface area contributed by atoms with Crippen LogP contribution in [0.3, 0.4) is 0 Å². The summed E-state index contributed by atoms with van der Waals surface area (Å²) in [5.74, 6) is -0.632. The number of imidazole rings is 1. The number of carbonyl (C=O) groups excluding carboxylic acids is 1. The van der Waals surface area contributed by atoms with Crippen LogP contribution in [-0.4, -0.2) is 26.9 Å². The summed E-state index contributed by atoms with van der Waals surface area (Å²) in [7, 11) is 0. The third kappa shape index (κ3) is 3.37. The topological polar surface area (TPSA) is 46.9 Å². The number of amides is 1. The Labute approximate surface area is 137 Å². The number of aromatic nitrogens is 2. The van der Waals surface area contributed by atoms with Crippen molar-refractivity contribution in [2.24, 2.45) is 0 Å². The molecule has 0 radical (unpaired) electrons. The number of hydrogen-bond donors (Lipinski definition) is 1. The molecule has 2 atom stereocenters. The lowest BCUT2D eigenvalue weighted by atomic mass is 10.1. The van der Waals surface area contributed by atoms with Crippen LogP contribution in [0, 0.1) is 11.6 Å². The van der Waals surface area contributed by atoms with Crippen LogP contribution in [-0.2, 0) is 17.8 Å². The van der Waals surface area contributed by atoms with Gasteiger partial charge in [0.2, 0.25) is 5.91 Å². The van der Waals surface area contributed by atoms with Gasteiger partial charge in [-0.15, -0.1) is 11.6 Å². The van der Waals surface area contributed by atoms with Crippen LogP contribution in [0.2, 0.25) is 0 Å². The third-order valence-electron chi connectivity index (χ3n) is 3.91. The fourth-order valence-corrected chi connectivity index (χ4v) is 2.77. The molecule has 1 aromatic carbocycles. The van der Waals surface area contributed by atoms with E-state index in [2.05, 4.69) is 10.3 Å². The molecule has 7 heteroatoms. The van der Waals surface area contributed by atoms with Gasteiger partial charge in [-0.3, -0.25) is 4.79 Å². The number of alkyl halides is 1. The molecule has 3 rings (SSSR count). The van der Waals surface area contributed by atoms with Gasteiger partial charge in [0.1, 0.15) is 22.8 Å². The van der Waals surface area contributed by atoms with Crippen molar-refractivity contribution in [3.05, 3.63) is 41.9 Å². The normalized spacial score (nSPS) is 18.3. The molecule has 1 aliphatic rings. The van der Waals surface area contributed by atoms with Crippen LogP contribution >= 0.6 is 11.6 Å². The Bertz CT molecular complexity index is 745. The minimum Gasteiger partial charge on any atom is -0.350 e. The van der Waals surface area contributed by atoms with E-state index in [0.717, 1.165) is 18.3 Å². The first kappa shape index (κ1) is 15.9. The average molecular weight is 340 g/mol. The summed E-state index contributed by atoms with van der Waals surface area (Å²) in [5.41, 5.74) is 0.735. The number of carbonyl (C=O) groups is 1. The molecule has 23 heavy (non-hydrogen) atoms. The Morgan fingerprint density at radius 3 is 2.96 bits per heavy atom. The number of nitrogens with one attached hydrogen (secondary N) is 1. The number of halogens is 3. The van der Waals surface area contributed by atoms with E-state index in [0.29, 0.717) is 18.7 Å². The van der Waals surface area contributed by atoms with Gasteiger partial charge in [-0.05, 0) is 25.5 Å². The fraction of sp³-hybridized carbons (Fsp3) is 0.375. The largest absolute Gasteiger partial charge is 0.350 e. The third-order valence-corrected chi connectivity index (χ3v) is 4.11. The number of nitrogens with zero attached hydrogens (tertiary/aromatic N) is 2. The second-order valence-electron chi connectivity index (χ2n) is 5.68. The summed E-state index contributed by atoms with van der Waals surface area (Å²) in [5, 5.41) is 2.30. The summed E-state index contributed by atoms with van der Waals surface area (Å²) >= 11 is 5.76. The summed E-state index contributed by atoms with van der Waals surface area (Å²) in [6, 6.07) is 3.41. The molecule has 1 aromatic heterocycles. The van der Waals surface area contributed by atoms with E-state index in [9.17, 15) is 13.6 Å². The molecule has 122 valence electrons. The minimum absolute atomic E-state index is 0.0312. The van der Waals surface area contributed by atoms with Gasteiger partial charge < -0.3 is 9.88 Å². The molecule has 2 unspecified atom stereocenters. The van der Waals surface area contributed by atoms with Crippen molar-refractivity contribution >= 4 is 17.5 Å². The number of rotatable bonds is 3. The number of fused-ring (bicyclic) bond motifs is 1. The highest BCUT2D eigenvalue weighted by molar-refractivity contribution is 6.30. The van der Waals surface area contributed by atoms with Crippen molar-refractivity contribution in [1.82, 2.24) is 14.9 Å². The second-order valence-corrected chi connectivity index (χ2v) is 6.33. The van der Waals surface area contributed by atoms with Gasteiger partial charge in [-0.25, -0.2) is 13.8 Å². The SMILES string of the molecule is CC(Cl)C(=O)NC1CCc2nc(-c3ccc(F)cc3F)cn2C1.